The Hall–Kier alpha value is -3.15. The van der Waals surface area contributed by atoms with Crippen LogP contribution in [0.1, 0.15) is 10.4 Å². The fourth-order valence-electron chi connectivity index (χ4n) is 2.32. The third kappa shape index (κ3) is 5.06. The van der Waals surface area contributed by atoms with Crippen LogP contribution in [0.5, 0.6) is 5.75 Å². The molecule has 0 saturated heterocycles. The standard InChI is InChI=1S/C17H13Cl2N5O5S/c1-29-14(26)12-8-10(4-7-13(12)25)24-30(27,28)11-5-2-9(3-6-11)20-17-22-15(18)21-16(19)23-17/h2-8,24-25H,1H3,(H,20,21,22,23). The van der Waals surface area contributed by atoms with Crippen molar-refractivity contribution in [3.63, 3.8) is 0 Å². The number of nitrogens with zero attached hydrogens (tertiary/aromatic N) is 3. The van der Waals surface area contributed by atoms with Gasteiger partial charge in [-0.1, -0.05) is 0 Å². The number of sulfonamides is 1. The summed E-state index contributed by atoms with van der Waals surface area (Å²) in [6, 6.07) is 9.32. The van der Waals surface area contributed by atoms with Crippen molar-refractivity contribution >= 4 is 56.5 Å². The molecule has 1 heterocycles. The highest BCUT2D eigenvalue weighted by atomic mass is 35.5. The quantitative estimate of drug-likeness (QED) is 0.365. The number of methoxy groups -OCH3 is 1. The molecule has 0 aliphatic rings. The predicted octanol–water partition coefficient (Wildman–Crippen LogP) is 3.22. The number of esters is 1. The maximum atomic E-state index is 12.6. The van der Waals surface area contributed by atoms with Gasteiger partial charge in [0.15, 0.2) is 0 Å². The number of nitrogens with one attached hydrogen (secondary N) is 2. The van der Waals surface area contributed by atoms with Gasteiger partial charge in [0.25, 0.3) is 10.0 Å². The number of carbonyl (C=O) groups is 1. The van der Waals surface area contributed by atoms with Gasteiger partial charge in [0.2, 0.25) is 16.5 Å². The Morgan fingerprint density at radius 3 is 2.20 bits per heavy atom. The molecule has 30 heavy (non-hydrogen) atoms. The van der Waals surface area contributed by atoms with Crippen LogP contribution in [0.2, 0.25) is 10.6 Å². The lowest BCUT2D eigenvalue weighted by Gasteiger charge is -2.11. The number of ether oxygens (including phenoxy) is 1. The first kappa shape index (κ1) is 21.6. The number of anilines is 3. The zero-order valence-electron chi connectivity index (χ0n) is 15.1. The molecule has 0 atom stereocenters. The summed E-state index contributed by atoms with van der Waals surface area (Å²) in [5, 5.41) is 12.4. The molecule has 0 bridgehead atoms. The summed E-state index contributed by atoms with van der Waals surface area (Å²) in [5.41, 5.74) is 0.377. The lowest BCUT2D eigenvalue weighted by atomic mass is 10.2. The summed E-state index contributed by atoms with van der Waals surface area (Å²) in [5.74, 6) is -1.05. The second-order valence-corrected chi connectivity index (χ2v) is 8.03. The Labute approximate surface area is 180 Å². The number of hydrogen-bond donors (Lipinski definition) is 3. The average Bonchev–Trinajstić information content (AvgIpc) is 2.68. The van der Waals surface area contributed by atoms with Crippen LogP contribution in [0.15, 0.2) is 47.4 Å². The molecule has 3 N–H and O–H groups in total. The molecule has 3 rings (SSSR count). The van der Waals surface area contributed by atoms with Crippen molar-refractivity contribution in [2.75, 3.05) is 17.1 Å². The van der Waals surface area contributed by atoms with Gasteiger partial charge in [0.1, 0.15) is 11.3 Å². The molecule has 0 saturated carbocycles. The van der Waals surface area contributed by atoms with Crippen molar-refractivity contribution in [2.45, 2.75) is 4.90 Å². The first-order chi connectivity index (χ1) is 14.2. The Kier molecular flexibility index (Phi) is 6.25. The van der Waals surface area contributed by atoms with Gasteiger partial charge in [0.05, 0.1) is 12.0 Å². The zero-order chi connectivity index (χ0) is 21.9. The lowest BCUT2D eigenvalue weighted by Crippen LogP contribution is -2.13. The minimum Gasteiger partial charge on any atom is -0.507 e. The first-order valence-corrected chi connectivity index (χ1v) is 10.3. The molecule has 10 nitrogen and oxygen atoms in total. The van der Waals surface area contributed by atoms with Crippen molar-refractivity contribution in [2.24, 2.45) is 0 Å². The summed E-state index contributed by atoms with van der Waals surface area (Å²) in [6.45, 7) is 0. The Bertz CT molecular complexity index is 1190. The van der Waals surface area contributed by atoms with E-state index in [1.54, 1.807) is 0 Å². The normalized spacial score (nSPS) is 11.0. The Morgan fingerprint density at radius 2 is 1.60 bits per heavy atom. The molecule has 0 unspecified atom stereocenters. The molecule has 0 spiro atoms. The van der Waals surface area contributed by atoms with Crippen LogP contribution in [-0.2, 0) is 14.8 Å². The molecule has 0 radical (unpaired) electrons. The summed E-state index contributed by atoms with van der Waals surface area (Å²) in [6.07, 6.45) is 0. The van der Waals surface area contributed by atoms with E-state index >= 15 is 0 Å². The highest BCUT2D eigenvalue weighted by molar-refractivity contribution is 7.92. The van der Waals surface area contributed by atoms with Gasteiger partial charge >= 0.3 is 5.97 Å². The molecule has 0 fully saturated rings. The van der Waals surface area contributed by atoms with Crippen LogP contribution in [0.3, 0.4) is 0 Å². The van der Waals surface area contributed by atoms with Crippen molar-refractivity contribution in [3.8, 4) is 5.75 Å². The molecular weight excluding hydrogens is 457 g/mol. The number of rotatable bonds is 6. The average molecular weight is 470 g/mol. The second-order valence-electron chi connectivity index (χ2n) is 5.68. The minimum atomic E-state index is -3.97. The maximum absolute atomic E-state index is 12.6. The van der Waals surface area contributed by atoms with E-state index in [0.717, 1.165) is 7.11 Å². The van der Waals surface area contributed by atoms with Crippen LogP contribution in [0, 0.1) is 0 Å². The van der Waals surface area contributed by atoms with E-state index in [1.807, 2.05) is 0 Å². The third-order valence-corrected chi connectivity index (χ3v) is 5.39. The van der Waals surface area contributed by atoms with Crippen LogP contribution in [0.25, 0.3) is 0 Å². The Balaban J connectivity index is 1.79. The maximum Gasteiger partial charge on any atom is 0.341 e. The summed E-state index contributed by atoms with van der Waals surface area (Å²) in [4.78, 5) is 22.9. The molecular formula is C17H13Cl2N5O5S. The number of carbonyl (C=O) groups excluding carboxylic acids is 1. The van der Waals surface area contributed by atoms with Gasteiger partial charge in [-0.3, -0.25) is 4.72 Å². The molecule has 3 aromatic rings. The smallest absolute Gasteiger partial charge is 0.341 e. The third-order valence-electron chi connectivity index (χ3n) is 3.66. The monoisotopic (exact) mass is 469 g/mol. The molecule has 0 aliphatic heterocycles. The molecule has 1 aromatic heterocycles. The van der Waals surface area contributed by atoms with Crippen molar-refractivity contribution in [1.29, 1.82) is 0 Å². The summed E-state index contributed by atoms with van der Waals surface area (Å²) >= 11 is 11.4. The number of phenolic OH excluding ortho intramolecular Hbond substituents is 1. The van der Waals surface area contributed by atoms with Crippen LogP contribution >= 0.6 is 23.2 Å². The van der Waals surface area contributed by atoms with Gasteiger partial charge < -0.3 is 15.2 Å². The fourth-order valence-corrected chi connectivity index (χ4v) is 3.73. The van der Waals surface area contributed by atoms with Gasteiger partial charge in [-0.15, -0.1) is 0 Å². The number of phenols is 1. The first-order valence-electron chi connectivity index (χ1n) is 8.06. The molecule has 156 valence electrons. The van der Waals surface area contributed by atoms with E-state index in [1.165, 1.54) is 42.5 Å². The van der Waals surface area contributed by atoms with Crippen LogP contribution in [0.4, 0.5) is 17.3 Å². The van der Waals surface area contributed by atoms with E-state index in [0.29, 0.717) is 5.69 Å². The van der Waals surface area contributed by atoms with E-state index in [4.69, 9.17) is 23.2 Å². The largest absolute Gasteiger partial charge is 0.507 e. The summed E-state index contributed by atoms with van der Waals surface area (Å²) < 4.78 is 32.1. The number of aromatic hydroxyl groups is 1. The van der Waals surface area contributed by atoms with Gasteiger partial charge in [-0.2, -0.15) is 15.0 Å². The van der Waals surface area contributed by atoms with E-state index in [9.17, 15) is 18.3 Å². The van der Waals surface area contributed by atoms with E-state index in [-0.39, 0.29) is 38.4 Å². The van der Waals surface area contributed by atoms with Gasteiger partial charge in [0, 0.05) is 11.4 Å². The van der Waals surface area contributed by atoms with Crippen molar-refractivity contribution in [1.82, 2.24) is 15.0 Å². The number of hydrogen-bond acceptors (Lipinski definition) is 9. The number of halogens is 2. The molecule has 13 heteroatoms. The predicted molar refractivity (Wildman–Crippen MR) is 110 cm³/mol. The van der Waals surface area contributed by atoms with Gasteiger partial charge in [-0.05, 0) is 65.7 Å². The number of aromatic nitrogens is 3. The zero-order valence-corrected chi connectivity index (χ0v) is 17.5. The van der Waals surface area contributed by atoms with E-state index < -0.39 is 16.0 Å². The lowest BCUT2D eigenvalue weighted by molar-refractivity contribution is 0.0597. The second kappa shape index (κ2) is 8.69. The van der Waals surface area contributed by atoms with Crippen LogP contribution in [-0.4, -0.2) is 41.6 Å². The van der Waals surface area contributed by atoms with Gasteiger partial charge in [-0.25, -0.2) is 13.2 Å². The minimum absolute atomic E-state index is 0.0487. The number of benzene rings is 2. The molecule has 0 aliphatic carbocycles. The SMILES string of the molecule is COC(=O)c1cc(NS(=O)(=O)c2ccc(Nc3nc(Cl)nc(Cl)n3)cc2)ccc1O. The topological polar surface area (TPSA) is 143 Å². The van der Waals surface area contributed by atoms with Crippen molar-refractivity contribution < 1.29 is 23.1 Å². The molecule has 0 amide bonds. The Morgan fingerprint density at radius 1 is 1.00 bits per heavy atom. The van der Waals surface area contributed by atoms with E-state index in [2.05, 4.69) is 29.7 Å². The van der Waals surface area contributed by atoms with Crippen LogP contribution < -0.4 is 10.0 Å². The fraction of sp³-hybridized carbons (Fsp3) is 0.0588. The summed E-state index contributed by atoms with van der Waals surface area (Å²) in [7, 11) is -2.83. The van der Waals surface area contributed by atoms with Crippen molar-refractivity contribution in [3.05, 3.63) is 58.6 Å². The molecule has 2 aromatic carbocycles. The highest BCUT2D eigenvalue weighted by Gasteiger charge is 2.17. The highest BCUT2D eigenvalue weighted by Crippen LogP contribution is 2.25.